The molecule has 1 saturated heterocycles. The van der Waals surface area contributed by atoms with Crippen LogP contribution in [0.1, 0.15) is 26.4 Å². The van der Waals surface area contributed by atoms with E-state index < -0.39 is 0 Å². The number of rotatable bonds is 5. The molecular formula is C30H27BrFN3O3. The molecule has 2 heterocycles. The molecule has 4 aromatic rings. The molecule has 1 aromatic heterocycles. The van der Waals surface area contributed by atoms with Gasteiger partial charge in [0.05, 0.1) is 24.1 Å². The smallest absolute Gasteiger partial charge is 0.255 e. The molecule has 0 radical (unpaired) electrons. The van der Waals surface area contributed by atoms with E-state index in [9.17, 15) is 14.0 Å². The molecule has 1 aliphatic heterocycles. The standard InChI is InChI=1S/C30H27BrFN3O3/c1-20-25(30(37)34-16-14-33(15-17-34)29(36)22-6-5-7-23(31)18-22)19-28(21-10-12-24(38-2)13-11-21)35(20)27-9-4-3-8-26(27)32/h3-13,18-19H,14-17H2,1-2H3. The van der Waals surface area contributed by atoms with Gasteiger partial charge in [-0.2, -0.15) is 0 Å². The first-order chi connectivity index (χ1) is 18.4. The Morgan fingerprint density at radius 3 is 2.13 bits per heavy atom. The Bertz CT molecular complexity index is 1490. The highest BCUT2D eigenvalue weighted by molar-refractivity contribution is 9.10. The van der Waals surface area contributed by atoms with Crippen LogP contribution in [-0.4, -0.2) is 59.5 Å². The third kappa shape index (κ3) is 4.96. The molecule has 194 valence electrons. The first-order valence-electron chi connectivity index (χ1n) is 12.3. The summed E-state index contributed by atoms with van der Waals surface area (Å²) in [7, 11) is 1.60. The van der Waals surface area contributed by atoms with Crippen LogP contribution in [0.5, 0.6) is 5.75 Å². The van der Waals surface area contributed by atoms with Gasteiger partial charge in [0.25, 0.3) is 11.8 Å². The topological polar surface area (TPSA) is 54.8 Å². The van der Waals surface area contributed by atoms with Crippen molar-refractivity contribution in [3.63, 3.8) is 0 Å². The van der Waals surface area contributed by atoms with Crippen molar-refractivity contribution in [1.29, 1.82) is 0 Å². The number of amides is 2. The third-order valence-electron chi connectivity index (χ3n) is 6.88. The van der Waals surface area contributed by atoms with E-state index in [4.69, 9.17) is 4.74 Å². The molecular weight excluding hydrogens is 549 g/mol. The van der Waals surface area contributed by atoms with Crippen molar-refractivity contribution in [2.24, 2.45) is 0 Å². The zero-order valence-corrected chi connectivity index (χ0v) is 22.7. The summed E-state index contributed by atoms with van der Waals surface area (Å²) in [6, 6.07) is 23.1. The fourth-order valence-electron chi connectivity index (χ4n) is 4.83. The molecule has 5 rings (SSSR count). The van der Waals surface area contributed by atoms with Crippen LogP contribution in [0.15, 0.2) is 83.3 Å². The number of benzene rings is 3. The van der Waals surface area contributed by atoms with Crippen LogP contribution < -0.4 is 4.74 Å². The van der Waals surface area contributed by atoms with Gasteiger partial charge < -0.3 is 19.1 Å². The minimum atomic E-state index is -0.375. The normalized spacial score (nSPS) is 13.5. The van der Waals surface area contributed by atoms with Gasteiger partial charge in [-0.3, -0.25) is 9.59 Å². The highest BCUT2D eigenvalue weighted by Gasteiger charge is 2.29. The van der Waals surface area contributed by atoms with E-state index in [1.807, 2.05) is 49.4 Å². The van der Waals surface area contributed by atoms with Gasteiger partial charge >= 0.3 is 0 Å². The van der Waals surface area contributed by atoms with Crippen molar-refractivity contribution in [3.05, 3.63) is 106 Å². The van der Waals surface area contributed by atoms with Gasteiger partial charge in [-0.1, -0.05) is 34.1 Å². The summed E-state index contributed by atoms with van der Waals surface area (Å²) in [5.74, 6) is 0.143. The number of para-hydroxylation sites is 1. The number of hydrogen-bond acceptors (Lipinski definition) is 3. The highest BCUT2D eigenvalue weighted by atomic mass is 79.9. The van der Waals surface area contributed by atoms with Gasteiger partial charge in [0.1, 0.15) is 11.6 Å². The monoisotopic (exact) mass is 575 g/mol. The Morgan fingerprint density at radius 2 is 1.50 bits per heavy atom. The number of piperazine rings is 1. The fraction of sp³-hybridized carbons (Fsp3) is 0.200. The molecule has 0 unspecified atom stereocenters. The van der Waals surface area contributed by atoms with Crippen LogP contribution in [0.3, 0.4) is 0 Å². The lowest BCUT2D eigenvalue weighted by Crippen LogP contribution is -2.50. The van der Waals surface area contributed by atoms with E-state index in [0.29, 0.717) is 60.1 Å². The maximum atomic E-state index is 14.9. The van der Waals surface area contributed by atoms with Crippen molar-refractivity contribution in [2.45, 2.75) is 6.92 Å². The molecule has 0 atom stereocenters. The van der Waals surface area contributed by atoms with Crippen molar-refractivity contribution in [2.75, 3.05) is 33.3 Å². The second-order valence-electron chi connectivity index (χ2n) is 9.14. The fourth-order valence-corrected chi connectivity index (χ4v) is 5.23. The van der Waals surface area contributed by atoms with Gasteiger partial charge in [-0.25, -0.2) is 4.39 Å². The zero-order chi connectivity index (χ0) is 26.8. The molecule has 2 amide bonds. The predicted octanol–water partition coefficient (Wildman–Crippen LogP) is 5.96. The Balaban J connectivity index is 1.43. The summed E-state index contributed by atoms with van der Waals surface area (Å²) in [6.45, 7) is 3.55. The Kier molecular flexibility index (Phi) is 7.33. The average molecular weight is 576 g/mol. The first-order valence-corrected chi connectivity index (χ1v) is 13.1. The lowest BCUT2D eigenvalue weighted by Gasteiger charge is -2.35. The van der Waals surface area contributed by atoms with Crippen molar-refractivity contribution in [1.82, 2.24) is 14.4 Å². The van der Waals surface area contributed by atoms with E-state index >= 15 is 0 Å². The number of methoxy groups -OCH3 is 1. The molecule has 1 fully saturated rings. The number of halogens is 2. The molecule has 3 aromatic carbocycles. The molecule has 1 aliphatic rings. The number of hydrogen-bond donors (Lipinski definition) is 0. The second kappa shape index (κ2) is 10.8. The Labute approximate surface area is 229 Å². The number of nitrogens with zero attached hydrogens (tertiary/aromatic N) is 3. The van der Waals surface area contributed by atoms with Crippen LogP contribution >= 0.6 is 15.9 Å². The highest BCUT2D eigenvalue weighted by Crippen LogP contribution is 2.32. The number of ether oxygens (including phenoxy) is 1. The second-order valence-corrected chi connectivity index (χ2v) is 10.1. The minimum absolute atomic E-state index is 0.0536. The molecule has 38 heavy (non-hydrogen) atoms. The van der Waals surface area contributed by atoms with Crippen LogP contribution in [-0.2, 0) is 0 Å². The van der Waals surface area contributed by atoms with E-state index in [1.54, 1.807) is 51.8 Å². The van der Waals surface area contributed by atoms with E-state index in [0.717, 1.165) is 10.0 Å². The van der Waals surface area contributed by atoms with E-state index in [2.05, 4.69) is 15.9 Å². The predicted molar refractivity (Wildman–Crippen MR) is 148 cm³/mol. The van der Waals surface area contributed by atoms with Gasteiger partial charge in [-0.05, 0) is 73.2 Å². The summed E-state index contributed by atoms with van der Waals surface area (Å²) in [4.78, 5) is 30.2. The summed E-state index contributed by atoms with van der Waals surface area (Å²) in [5, 5.41) is 0. The molecule has 6 nitrogen and oxygen atoms in total. The van der Waals surface area contributed by atoms with E-state index in [1.165, 1.54) is 6.07 Å². The van der Waals surface area contributed by atoms with E-state index in [-0.39, 0.29) is 17.6 Å². The average Bonchev–Trinajstić information content (AvgIpc) is 3.29. The molecule has 8 heteroatoms. The lowest BCUT2D eigenvalue weighted by molar-refractivity contribution is 0.0535. The quantitative estimate of drug-likeness (QED) is 0.295. The van der Waals surface area contributed by atoms with Crippen molar-refractivity contribution >= 4 is 27.7 Å². The van der Waals surface area contributed by atoms with Crippen LogP contribution in [0.4, 0.5) is 4.39 Å². The third-order valence-corrected chi connectivity index (χ3v) is 7.38. The summed E-state index contributed by atoms with van der Waals surface area (Å²) < 4.78 is 22.9. The van der Waals surface area contributed by atoms with Crippen LogP contribution in [0.2, 0.25) is 0 Å². The molecule has 0 aliphatic carbocycles. The molecule has 0 bridgehead atoms. The molecule has 0 spiro atoms. The van der Waals surface area contributed by atoms with Crippen LogP contribution in [0.25, 0.3) is 16.9 Å². The molecule has 0 saturated carbocycles. The van der Waals surface area contributed by atoms with Gasteiger partial charge in [0.15, 0.2) is 0 Å². The Morgan fingerprint density at radius 1 is 0.842 bits per heavy atom. The Hall–Kier alpha value is -3.91. The SMILES string of the molecule is COc1ccc(-c2cc(C(=O)N3CCN(C(=O)c4cccc(Br)c4)CC3)c(C)n2-c2ccccc2F)cc1. The summed E-state index contributed by atoms with van der Waals surface area (Å²) >= 11 is 3.41. The van der Waals surface area contributed by atoms with Crippen LogP contribution in [0, 0.1) is 12.7 Å². The van der Waals surface area contributed by atoms with Crippen molar-refractivity contribution < 1.29 is 18.7 Å². The maximum absolute atomic E-state index is 14.9. The van der Waals surface area contributed by atoms with Gasteiger partial charge in [0, 0.05) is 41.9 Å². The number of carbonyl (C=O) groups excluding carboxylic acids is 2. The summed E-state index contributed by atoms with van der Waals surface area (Å²) in [6.07, 6.45) is 0. The number of aromatic nitrogens is 1. The van der Waals surface area contributed by atoms with Crippen molar-refractivity contribution in [3.8, 4) is 22.7 Å². The zero-order valence-electron chi connectivity index (χ0n) is 21.2. The first kappa shape index (κ1) is 25.7. The molecule has 0 N–H and O–H groups in total. The summed E-state index contributed by atoms with van der Waals surface area (Å²) in [5.41, 5.74) is 3.69. The number of carbonyl (C=O) groups is 2. The van der Waals surface area contributed by atoms with Gasteiger partial charge in [-0.15, -0.1) is 0 Å². The minimum Gasteiger partial charge on any atom is -0.497 e. The lowest BCUT2D eigenvalue weighted by atomic mass is 10.1. The van der Waals surface area contributed by atoms with Gasteiger partial charge in [0.2, 0.25) is 0 Å². The maximum Gasteiger partial charge on any atom is 0.255 e. The largest absolute Gasteiger partial charge is 0.497 e.